The molecule has 7 heteroatoms. The SMILES string of the molecule is Cc1cc2c(s1)Cc1ccccc1N=C2N1CCN(C)C(CCc2ccc(C(F)(F)F)cc2)C1. The van der Waals surface area contributed by atoms with E-state index in [1.807, 2.05) is 17.4 Å². The Labute approximate surface area is 202 Å². The minimum absolute atomic E-state index is 0.306. The van der Waals surface area contributed by atoms with Crippen LogP contribution < -0.4 is 0 Å². The molecule has 5 rings (SSSR count). The van der Waals surface area contributed by atoms with Gasteiger partial charge in [-0.2, -0.15) is 13.2 Å². The van der Waals surface area contributed by atoms with Crippen molar-refractivity contribution >= 4 is 22.9 Å². The molecule has 2 aliphatic rings. The van der Waals surface area contributed by atoms with E-state index >= 15 is 0 Å². The predicted octanol–water partition coefficient (Wildman–Crippen LogP) is 6.31. The van der Waals surface area contributed by atoms with Crippen LogP contribution in [0.3, 0.4) is 0 Å². The lowest BCUT2D eigenvalue weighted by Gasteiger charge is -2.41. The quantitative estimate of drug-likeness (QED) is 0.435. The van der Waals surface area contributed by atoms with Crippen molar-refractivity contribution in [3.05, 3.63) is 86.6 Å². The number of piperazine rings is 1. The second-order valence-corrected chi connectivity index (χ2v) is 10.6. The molecular weight excluding hydrogens is 455 g/mol. The molecule has 1 unspecified atom stereocenters. The summed E-state index contributed by atoms with van der Waals surface area (Å²) in [5.41, 5.74) is 3.89. The van der Waals surface area contributed by atoms with E-state index in [1.54, 1.807) is 12.1 Å². The smallest absolute Gasteiger partial charge is 0.353 e. The van der Waals surface area contributed by atoms with Gasteiger partial charge < -0.3 is 4.90 Å². The summed E-state index contributed by atoms with van der Waals surface area (Å²) in [6.45, 7) is 4.84. The second kappa shape index (κ2) is 9.19. The zero-order valence-corrected chi connectivity index (χ0v) is 20.2. The first-order valence-corrected chi connectivity index (χ1v) is 12.5. The average Bonchev–Trinajstić information content (AvgIpc) is 3.10. The van der Waals surface area contributed by atoms with Crippen molar-refractivity contribution in [3.8, 4) is 0 Å². The third kappa shape index (κ3) is 4.77. The number of likely N-dealkylation sites (N-methyl/N-ethyl adjacent to an activating group) is 1. The number of thiophene rings is 1. The van der Waals surface area contributed by atoms with Crippen LogP contribution in [0.1, 0.15) is 38.4 Å². The lowest BCUT2D eigenvalue weighted by atomic mass is 10.0. The molecule has 3 aromatic rings. The average molecular weight is 484 g/mol. The fraction of sp³-hybridized carbons (Fsp3) is 0.370. The summed E-state index contributed by atoms with van der Waals surface area (Å²) in [4.78, 5) is 12.6. The molecule has 178 valence electrons. The first kappa shape index (κ1) is 23.1. The second-order valence-electron chi connectivity index (χ2n) is 9.25. The Morgan fingerprint density at radius 1 is 1.06 bits per heavy atom. The van der Waals surface area contributed by atoms with Crippen molar-refractivity contribution < 1.29 is 13.2 Å². The Morgan fingerprint density at radius 2 is 1.82 bits per heavy atom. The number of hydrogen-bond acceptors (Lipinski definition) is 4. The van der Waals surface area contributed by atoms with Crippen molar-refractivity contribution in [1.29, 1.82) is 0 Å². The number of nitrogens with zero attached hydrogens (tertiary/aromatic N) is 3. The number of rotatable bonds is 3. The predicted molar refractivity (Wildman–Crippen MR) is 132 cm³/mol. The van der Waals surface area contributed by atoms with E-state index in [4.69, 9.17) is 4.99 Å². The van der Waals surface area contributed by atoms with Crippen LogP contribution in [0.5, 0.6) is 0 Å². The molecule has 1 saturated heterocycles. The highest BCUT2D eigenvalue weighted by Crippen LogP contribution is 2.35. The van der Waals surface area contributed by atoms with Gasteiger partial charge in [0.05, 0.1) is 11.3 Å². The maximum atomic E-state index is 12.9. The number of para-hydroxylation sites is 1. The van der Waals surface area contributed by atoms with E-state index in [0.717, 1.165) is 56.0 Å². The molecule has 34 heavy (non-hydrogen) atoms. The summed E-state index contributed by atoms with van der Waals surface area (Å²) >= 11 is 1.85. The number of hydrogen-bond donors (Lipinski definition) is 0. The van der Waals surface area contributed by atoms with Crippen LogP contribution >= 0.6 is 11.3 Å². The first-order valence-electron chi connectivity index (χ1n) is 11.7. The Balaban J connectivity index is 1.35. The van der Waals surface area contributed by atoms with Gasteiger partial charge in [0.15, 0.2) is 0 Å². The molecule has 0 radical (unpaired) electrons. The summed E-state index contributed by atoms with van der Waals surface area (Å²) in [6, 6.07) is 16.5. The van der Waals surface area contributed by atoms with Crippen LogP contribution in [0.2, 0.25) is 0 Å². The number of aliphatic imine (C=N–C) groups is 1. The molecular formula is C27H28F3N3S. The summed E-state index contributed by atoms with van der Waals surface area (Å²) in [5, 5.41) is 0. The Morgan fingerprint density at radius 3 is 2.59 bits per heavy atom. The molecule has 0 aliphatic carbocycles. The first-order chi connectivity index (χ1) is 16.3. The van der Waals surface area contributed by atoms with E-state index in [1.165, 1.54) is 33.0 Å². The number of aryl methyl sites for hydroxylation is 2. The van der Waals surface area contributed by atoms with Crippen LogP contribution in [0.4, 0.5) is 18.9 Å². The highest BCUT2D eigenvalue weighted by molar-refractivity contribution is 7.12. The third-order valence-electron chi connectivity index (χ3n) is 6.87. The van der Waals surface area contributed by atoms with Gasteiger partial charge in [0.2, 0.25) is 0 Å². The summed E-state index contributed by atoms with van der Waals surface area (Å²) in [6.07, 6.45) is -1.75. The van der Waals surface area contributed by atoms with Crippen LogP contribution in [-0.4, -0.2) is 48.4 Å². The zero-order chi connectivity index (χ0) is 23.9. The van der Waals surface area contributed by atoms with Crippen LogP contribution in [-0.2, 0) is 19.0 Å². The topological polar surface area (TPSA) is 18.8 Å². The van der Waals surface area contributed by atoms with E-state index in [9.17, 15) is 13.2 Å². The van der Waals surface area contributed by atoms with Crippen LogP contribution in [0.25, 0.3) is 0 Å². The Kier molecular flexibility index (Phi) is 6.25. The fourth-order valence-corrected chi connectivity index (χ4v) is 5.94. The van der Waals surface area contributed by atoms with E-state index in [2.05, 4.69) is 48.0 Å². The van der Waals surface area contributed by atoms with E-state index in [0.29, 0.717) is 6.04 Å². The molecule has 1 fully saturated rings. The molecule has 0 spiro atoms. The molecule has 3 heterocycles. The van der Waals surface area contributed by atoms with Gasteiger partial charge in [-0.05, 0) is 62.2 Å². The van der Waals surface area contributed by atoms with E-state index < -0.39 is 11.7 Å². The molecule has 2 aliphatic heterocycles. The third-order valence-corrected chi connectivity index (χ3v) is 7.92. The van der Waals surface area contributed by atoms with Crippen molar-refractivity contribution in [1.82, 2.24) is 9.80 Å². The van der Waals surface area contributed by atoms with Gasteiger partial charge in [-0.3, -0.25) is 4.90 Å². The van der Waals surface area contributed by atoms with Crippen molar-refractivity contribution in [2.45, 2.75) is 38.4 Å². The summed E-state index contributed by atoms with van der Waals surface area (Å²) in [7, 11) is 2.14. The summed E-state index contributed by atoms with van der Waals surface area (Å²) in [5.74, 6) is 1.05. The van der Waals surface area contributed by atoms with Gasteiger partial charge in [-0.25, -0.2) is 4.99 Å². The van der Waals surface area contributed by atoms with Gasteiger partial charge in [0, 0.05) is 47.4 Å². The number of benzene rings is 2. The summed E-state index contributed by atoms with van der Waals surface area (Å²) < 4.78 is 38.6. The van der Waals surface area contributed by atoms with Crippen molar-refractivity contribution in [2.75, 3.05) is 26.7 Å². The molecule has 1 aromatic heterocycles. The maximum absolute atomic E-state index is 12.9. The van der Waals surface area contributed by atoms with Gasteiger partial charge in [0.1, 0.15) is 5.84 Å². The highest BCUT2D eigenvalue weighted by atomic mass is 32.1. The van der Waals surface area contributed by atoms with Crippen LogP contribution in [0, 0.1) is 6.92 Å². The molecule has 0 bridgehead atoms. The minimum Gasteiger partial charge on any atom is -0.353 e. The molecule has 3 nitrogen and oxygen atoms in total. The number of fused-ring (bicyclic) bond motifs is 2. The minimum atomic E-state index is -4.29. The van der Waals surface area contributed by atoms with Crippen molar-refractivity contribution in [3.63, 3.8) is 0 Å². The lowest BCUT2D eigenvalue weighted by Crippen LogP contribution is -2.53. The Hall–Kier alpha value is -2.64. The Bertz CT molecular complexity index is 1200. The number of halogens is 3. The van der Waals surface area contributed by atoms with Crippen LogP contribution in [0.15, 0.2) is 59.6 Å². The molecule has 0 N–H and O–H groups in total. The fourth-order valence-electron chi connectivity index (χ4n) is 4.88. The normalized spacial score (nSPS) is 18.8. The zero-order valence-electron chi connectivity index (χ0n) is 19.4. The highest BCUT2D eigenvalue weighted by Gasteiger charge is 2.31. The lowest BCUT2D eigenvalue weighted by molar-refractivity contribution is -0.137. The maximum Gasteiger partial charge on any atom is 0.416 e. The van der Waals surface area contributed by atoms with Gasteiger partial charge in [-0.15, -0.1) is 11.3 Å². The standard InChI is InChI=1S/C27H28F3N3S/c1-18-15-23-25(34-18)16-20-5-3-4-6-24(20)31-26(23)33-14-13-32(2)22(17-33)12-9-19-7-10-21(11-8-19)27(28,29)30/h3-8,10-11,15,22H,9,12-14,16-17H2,1-2H3. The number of alkyl halides is 3. The molecule has 2 aromatic carbocycles. The molecule has 1 atom stereocenters. The van der Waals surface area contributed by atoms with Gasteiger partial charge in [0.25, 0.3) is 0 Å². The van der Waals surface area contributed by atoms with E-state index in [-0.39, 0.29) is 0 Å². The van der Waals surface area contributed by atoms with Gasteiger partial charge in [-0.1, -0.05) is 30.3 Å². The molecule has 0 amide bonds. The monoisotopic (exact) mass is 483 g/mol. The number of amidine groups is 1. The largest absolute Gasteiger partial charge is 0.416 e. The van der Waals surface area contributed by atoms with Crippen molar-refractivity contribution in [2.24, 2.45) is 4.99 Å². The molecule has 0 saturated carbocycles. The van der Waals surface area contributed by atoms with Gasteiger partial charge >= 0.3 is 6.18 Å².